The summed E-state index contributed by atoms with van der Waals surface area (Å²) in [7, 11) is -0.0381. The molecule has 4 rings (SSSR count). The van der Waals surface area contributed by atoms with E-state index in [0.29, 0.717) is 35.3 Å². The molecule has 0 aliphatic heterocycles. The Morgan fingerprint density at radius 3 is 2.19 bits per heavy atom. The first-order valence-corrected chi connectivity index (χ1v) is 14.6. The maximum absolute atomic E-state index is 13.8. The highest BCUT2D eigenvalue weighted by Crippen LogP contribution is 2.33. The molecule has 10 heteroatoms. The molecular formula is C27H27Br2N3O4S. The minimum Gasteiger partial charge on any atom is -0.451 e. The number of halogens is 2. The zero-order valence-corrected chi connectivity index (χ0v) is 24.7. The van der Waals surface area contributed by atoms with Crippen LogP contribution in [0.2, 0.25) is 0 Å². The fourth-order valence-corrected chi connectivity index (χ4v) is 5.83. The van der Waals surface area contributed by atoms with Crippen molar-refractivity contribution in [1.82, 2.24) is 10.2 Å². The van der Waals surface area contributed by atoms with Crippen molar-refractivity contribution in [1.29, 1.82) is 0 Å². The Hall–Kier alpha value is -2.66. The molecule has 1 aromatic heterocycles. The van der Waals surface area contributed by atoms with Gasteiger partial charge in [-0.05, 0) is 81.2 Å². The SMILES string of the molecule is Cc1c(C(=O)NCCN(C)C)oc2ccc(N(Cc3ccc(Br)cc3)S(=O)(=O)c3ccc(Br)cc3)cc12. The van der Waals surface area contributed by atoms with E-state index in [-0.39, 0.29) is 23.1 Å². The zero-order valence-electron chi connectivity index (χ0n) is 20.7. The zero-order chi connectivity index (χ0) is 26.7. The van der Waals surface area contributed by atoms with Crippen LogP contribution in [0.25, 0.3) is 11.0 Å². The lowest BCUT2D eigenvalue weighted by Gasteiger charge is -2.25. The van der Waals surface area contributed by atoms with E-state index in [1.165, 1.54) is 4.31 Å². The first kappa shape index (κ1) is 27.4. The van der Waals surface area contributed by atoms with Gasteiger partial charge in [0.05, 0.1) is 17.1 Å². The number of carbonyl (C=O) groups excluding carboxylic acids is 1. The van der Waals surface area contributed by atoms with Gasteiger partial charge in [0.25, 0.3) is 15.9 Å². The van der Waals surface area contributed by atoms with E-state index < -0.39 is 10.0 Å². The summed E-state index contributed by atoms with van der Waals surface area (Å²) in [4.78, 5) is 14.9. The Bertz CT molecular complexity index is 1520. The normalized spacial score (nSPS) is 11.7. The largest absolute Gasteiger partial charge is 0.451 e. The number of nitrogens with zero attached hydrogens (tertiary/aromatic N) is 2. The van der Waals surface area contributed by atoms with Crippen molar-refractivity contribution in [3.05, 3.63) is 92.6 Å². The maximum Gasteiger partial charge on any atom is 0.287 e. The standard InChI is InChI=1S/C27H27Br2N3O4S/c1-18-24-16-22(10-13-25(24)36-26(18)27(33)30-14-15-31(2)3)32(17-19-4-6-20(28)7-5-19)37(34,35)23-11-8-21(29)9-12-23/h4-13,16H,14-15,17H2,1-3H3,(H,30,33). The average molecular weight is 649 g/mol. The van der Waals surface area contributed by atoms with Gasteiger partial charge >= 0.3 is 0 Å². The summed E-state index contributed by atoms with van der Waals surface area (Å²) in [5.74, 6) is -0.0764. The van der Waals surface area contributed by atoms with Crippen LogP contribution in [0.3, 0.4) is 0 Å². The topological polar surface area (TPSA) is 82.9 Å². The lowest BCUT2D eigenvalue weighted by molar-refractivity contribution is 0.0924. The molecule has 7 nitrogen and oxygen atoms in total. The first-order valence-electron chi connectivity index (χ1n) is 11.5. The van der Waals surface area contributed by atoms with E-state index in [1.54, 1.807) is 49.4 Å². The summed E-state index contributed by atoms with van der Waals surface area (Å²) < 4.78 is 36.6. The number of amides is 1. The summed E-state index contributed by atoms with van der Waals surface area (Å²) >= 11 is 6.80. The van der Waals surface area contributed by atoms with Crippen molar-refractivity contribution in [2.45, 2.75) is 18.4 Å². The number of likely N-dealkylation sites (N-methyl/N-ethyl adjacent to an activating group) is 1. The monoisotopic (exact) mass is 647 g/mol. The Labute approximate surface area is 233 Å². The third-order valence-electron chi connectivity index (χ3n) is 5.90. The predicted octanol–water partition coefficient (Wildman–Crippen LogP) is 5.95. The molecule has 0 bridgehead atoms. The Morgan fingerprint density at radius 2 is 1.57 bits per heavy atom. The maximum atomic E-state index is 13.8. The quantitative estimate of drug-likeness (QED) is 0.242. The van der Waals surface area contributed by atoms with Crippen molar-refractivity contribution in [2.75, 3.05) is 31.5 Å². The van der Waals surface area contributed by atoms with Gasteiger partial charge in [-0.2, -0.15) is 0 Å². The molecule has 1 amide bonds. The molecule has 1 N–H and O–H groups in total. The molecule has 0 aliphatic rings. The van der Waals surface area contributed by atoms with Gasteiger partial charge in [-0.15, -0.1) is 0 Å². The number of carbonyl (C=O) groups is 1. The number of rotatable bonds is 9. The van der Waals surface area contributed by atoms with Gasteiger partial charge in [-0.3, -0.25) is 9.10 Å². The van der Waals surface area contributed by atoms with Crippen LogP contribution in [0, 0.1) is 6.92 Å². The van der Waals surface area contributed by atoms with Crippen molar-refractivity contribution >= 4 is 64.4 Å². The van der Waals surface area contributed by atoms with Gasteiger partial charge in [-0.25, -0.2) is 8.42 Å². The minimum atomic E-state index is -3.90. The molecule has 0 unspecified atom stereocenters. The highest BCUT2D eigenvalue weighted by atomic mass is 79.9. The summed E-state index contributed by atoms with van der Waals surface area (Å²) in [5.41, 5.74) is 2.48. The first-order chi connectivity index (χ1) is 17.6. The van der Waals surface area contributed by atoms with Crippen molar-refractivity contribution in [3.8, 4) is 0 Å². The van der Waals surface area contributed by atoms with Gasteiger partial charge in [0.15, 0.2) is 5.76 Å². The van der Waals surface area contributed by atoms with Crippen LogP contribution in [0.4, 0.5) is 5.69 Å². The van der Waals surface area contributed by atoms with Crippen LogP contribution < -0.4 is 9.62 Å². The number of fused-ring (bicyclic) bond motifs is 1. The molecule has 0 fully saturated rings. The highest BCUT2D eigenvalue weighted by molar-refractivity contribution is 9.10. The fraction of sp³-hybridized carbons (Fsp3) is 0.222. The predicted molar refractivity (Wildman–Crippen MR) is 153 cm³/mol. The summed E-state index contributed by atoms with van der Waals surface area (Å²) in [5, 5.41) is 3.55. The molecule has 1 heterocycles. The van der Waals surface area contributed by atoms with Crippen LogP contribution in [0.1, 0.15) is 21.7 Å². The molecule has 3 aromatic carbocycles. The van der Waals surface area contributed by atoms with Crippen LogP contribution in [-0.4, -0.2) is 46.4 Å². The molecule has 194 valence electrons. The Balaban J connectivity index is 1.75. The number of benzene rings is 3. The van der Waals surface area contributed by atoms with Crippen LogP contribution in [0.15, 0.2) is 85.0 Å². The molecule has 0 atom stereocenters. The van der Waals surface area contributed by atoms with Gasteiger partial charge in [-0.1, -0.05) is 44.0 Å². The molecule has 37 heavy (non-hydrogen) atoms. The number of furan rings is 1. The molecule has 0 saturated heterocycles. The van der Waals surface area contributed by atoms with E-state index in [1.807, 2.05) is 43.3 Å². The van der Waals surface area contributed by atoms with Gasteiger partial charge in [0, 0.05) is 33.0 Å². The molecule has 0 saturated carbocycles. The smallest absolute Gasteiger partial charge is 0.287 e. The summed E-state index contributed by atoms with van der Waals surface area (Å²) in [6, 6.07) is 19.3. The fourth-order valence-electron chi connectivity index (χ4n) is 3.86. The number of hydrogen-bond donors (Lipinski definition) is 1. The third-order valence-corrected chi connectivity index (χ3v) is 8.75. The number of sulfonamides is 1. The molecule has 0 radical (unpaired) electrons. The summed E-state index contributed by atoms with van der Waals surface area (Å²) in [6.45, 7) is 3.12. The number of hydrogen-bond acceptors (Lipinski definition) is 5. The van der Waals surface area contributed by atoms with Gasteiger partial charge in [0.1, 0.15) is 5.58 Å². The second-order valence-electron chi connectivity index (χ2n) is 8.89. The number of aryl methyl sites for hydroxylation is 1. The number of anilines is 1. The van der Waals surface area contributed by atoms with E-state index in [0.717, 1.165) is 14.5 Å². The highest BCUT2D eigenvalue weighted by Gasteiger charge is 2.27. The van der Waals surface area contributed by atoms with Crippen molar-refractivity contribution < 1.29 is 17.6 Å². The number of nitrogens with one attached hydrogen (secondary N) is 1. The Morgan fingerprint density at radius 1 is 0.946 bits per heavy atom. The van der Waals surface area contributed by atoms with E-state index in [9.17, 15) is 13.2 Å². The molecule has 0 aliphatic carbocycles. The average Bonchev–Trinajstić information content (AvgIpc) is 3.19. The Kier molecular flexibility index (Phi) is 8.42. The van der Waals surface area contributed by atoms with E-state index in [2.05, 4.69) is 37.2 Å². The van der Waals surface area contributed by atoms with E-state index >= 15 is 0 Å². The van der Waals surface area contributed by atoms with Crippen molar-refractivity contribution in [3.63, 3.8) is 0 Å². The third kappa shape index (κ3) is 6.26. The van der Waals surface area contributed by atoms with Crippen LogP contribution >= 0.6 is 31.9 Å². The second kappa shape index (κ2) is 11.4. The lowest BCUT2D eigenvalue weighted by Crippen LogP contribution is -2.31. The van der Waals surface area contributed by atoms with Crippen LogP contribution in [-0.2, 0) is 16.6 Å². The van der Waals surface area contributed by atoms with Gasteiger partial charge < -0.3 is 14.6 Å². The molecule has 4 aromatic rings. The minimum absolute atomic E-state index is 0.131. The van der Waals surface area contributed by atoms with Crippen LogP contribution in [0.5, 0.6) is 0 Å². The molecule has 0 spiro atoms. The molecular weight excluding hydrogens is 622 g/mol. The lowest BCUT2D eigenvalue weighted by atomic mass is 10.1. The van der Waals surface area contributed by atoms with E-state index in [4.69, 9.17) is 4.42 Å². The summed E-state index contributed by atoms with van der Waals surface area (Å²) in [6.07, 6.45) is 0. The van der Waals surface area contributed by atoms with Gasteiger partial charge in [0.2, 0.25) is 0 Å². The second-order valence-corrected chi connectivity index (χ2v) is 12.6. The van der Waals surface area contributed by atoms with Crippen molar-refractivity contribution in [2.24, 2.45) is 0 Å².